The number of benzene rings is 1. The highest BCUT2D eigenvalue weighted by Crippen LogP contribution is 2.33. The van der Waals surface area contributed by atoms with Crippen LogP contribution in [0.4, 0.5) is 21.8 Å². The molecular formula is C22H30FN5O. The van der Waals surface area contributed by atoms with Gasteiger partial charge in [0.05, 0.1) is 6.10 Å². The molecule has 1 saturated carbocycles. The standard InChI is InChI=1S/C22H30FN5O/c23-16-3-5-18(6-4-16)27-22-25-14-20(15-2-1-12-24-13-11-15)21(28-22)26-17-7-9-19(29)10-8-17/h3-6,14-15,17,19,24,29H,1-2,7-13H2,(H2,25,26,27,28). The molecule has 0 radical (unpaired) electrons. The number of rotatable bonds is 5. The van der Waals surface area contributed by atoms with Gasteiger partial charge in [-0.25, -0.2) is 9.37 Å². The van der Waals surface area contributed by atoms with E-state index in [2.05, 4.69) is 20.9 Å². The van der Waals surface area contributed by atoms with Gasteiger partial charge in [0, 0.05) is 23.5 Å². The first-order valence-corrected chi connectivity index (χ1v) is 10.7. The van der Waals surface area contributed by atoms with Crippen molar-refractivity contribution in [2.45, 2.75) is 63.0 Å². The van der Waals surface area contributed by atoms with Gasteiger partial charge in [-0.2, -0.15) is 4.98 Å². The van der Waals surface area contributed by atoms with Gasteiger partial charge >= 0.3 is 0 Å². The molecule has 4 rings (SSSR count). The molecule has 6 nitrogen and oxygen atoms in total. The third kappa shape index (κ3) is 5.42. The zero-order chi connectivity index (χ0) is 20.1. The van der Waals surface area contributed by atoms with E-state index >= 15 is 0 Å². The molecule has 0 bridgehead atoms. The normalized spacial score (nSPS) is 25.2. The number of aliphatic hydroxyl groups excluding tert-OH is 1. The van der Waals surface area contributed by atoms with Gasteiger partial charge in [0.1, 0.15) is 11.6 Å². The second-order valence-corrected chi connectivity index (χ2v) is 8.16. The van der Waals surface area contributed by atoms with Crippen LogP contribution >= 0.6 is 0 Å². The lowest BCUT2D eigenvalue weighted by Crippen LogP contribution is -2.29. The minimum Gasteiger partial charge on any atom is -0.393 e. The Kier molecular flexibility index (Phi) is 6.56. The van der Waals surface area contributed by atoms with Gasteiger partial charge in [-0.15, -0.1) is 0 Å². The van der Waals surface area contributed by atoms with Crippen LogP contribution in [0, 0.1) is 5.82 Å². The van der Waals surface area contributed by atoms with Crippen LogP contribution < -0.4 is 16.0 Å². The second kappa shape index (κ2) is 9.50. The molecule has 2 aromatic rings. The molecule has 1 aliphatic carbocycles. The Labute approximate surface area is 171 Å². The zero-order valence-electron chi connectivity index (χ0n) is 16.7. The fraction of sp³-hybridized carbons (Fsp3) is 0.545. The van der Waals surface area contributed by atoms with Crippen molar-refractivity contribution in [1.29, 1.82) is 0 Å². The molecule has 1 aromatic carbocycles. The van der Waals surface area contributed by atoms with E-state index in [1.807, 2.05) is 6.20 Å². The fourth-order valence-electron chi connectivity index (χ4n) is 4.27. The van der Waals surface area contributed by atoms with Crippen molar-refractivity contribution in [3.05, 3.63) is 41.8 Å². The summed E-state index contributed by atoms with van der Waals surface area (Å²) in [7, 11) is 0. The molecular weight excluding hydrogens is 369 g/mol. The molecule has 7 heteroatoms. The van der Waals surface area contributed by atoms with Gasteiger partial charge in [-0.3, -0.25) is 0 Å². The smallest absolute Gasteiger partial charge is 0.229 e. The van der Waals surface area contributed by atoms with E-state index in [1.54, 1.807) is 12.1 Å². The third-order valence-corrected chi connectivity index (χ3v) is 5.97. The Morgan fingerprint density at radius 3 is 2.59 bits per heavy atom. The topological polar surface area (TPSA) is 82.1 Å². The van der Waals surface area contributed by atoms with E-state index in [0.717, 1.165) is 69.5 Å². The Morgan fingerprint density at radius 1 is 1.00 bits per heavy atom. The number of anilines is 3. The summed E-state index contributed by atoms with van der Waals surface area (Å²) in [4.78, 5) is 9.35. The van der Waals surface area contributed by atoms with Crippen LogP contribution in [-0.2, 0) is 0 Å². The molecule has 2 aliphatic rings. The van der Waals surface area contributed by atoms with E-state index in [4.69, 9.17) is 4.98 Å². The Morgan fingerprint density at radius 2 is 1.79 bits per heavy atom. The lowest BCUT2D eigenvalue weighted by molar-refractivity contribution is 0.126. The van der Waals surface area contributed by atoms with E-state index in [-0.39, 0.29) is 11.9 Å². The molecule has 1 unspecified atom stereocenters. The first kappa shape index (κ1) is 20.0. The highest BCUT2D eigenvalue weighted by molar-refractivity contribution is 5.57. The monoisotopic (exact) mass is 399 g/mol. The van der Waals surface area contributed by atoms with Crippen molar-refractivity contribution in [2.75, 3.05) is 23.7 Å². The third-order valence-electron chi connectivity index (χ3n) is 5.97. The maximum Gasteiger partial charge on any atom is 0.229 e. The fourth-order valence-corrected chi connectivity index (χ4v) is 4.27. The van der Waals surface area contributed by atoms with Crippen molar-refractivity contribution < 1.29 is 9.50 Å². The minimum absolute atomic E-state index is 0.179. The summed E-state index contributed by atoms with van der Waals surface area (Å²) >= 11 is 0. The number of nitrogens with one attached hydrogen (secondary N) is 3. The number of aromatic nitrogens is 2. The average molecular weight is 400 g/mol. The number of halogens is 1. The summed E-state index contributed by atoms with van der Waals surface area (Å²) in [5.41, 5.74) is 1.93. The maximum atomic E-state index is 13.2. The zero-order valence-corrected chi connectivity index (χ0v) is 16.7. The first-order valence-electron chi connectivity index (χ1n) is 10.7. The number of hydrogen-bond acceptors (Lipinski definition) is 6. The van der Waals surface area contributed by atoms with Gasteiger partial charge in [0.2, 0.25) is 5.95 Å². The van der Waals surface area contributed by atoms with Crippen molar-refractivity contribution >= 4 is 17.5 Å². The van der Waals surface area contributed by atoms with Crippen molar-refractivity contribution in [2.24, 2.45) is 0 Å². The molecule has 1 aromatic heterocycles. The molecule has 2 heterocycles. The Balaban J connectivity index is 1.56. The largest absolute Gasteiger partial charge is 0.393 e. The number of nitrogens with zero attached hydrogens (tertiary/aromatic N) is 2. The van der Waals surface area contributed by atoms with Crippen LogP contribution in [0.15, 0.2) is 30.5 Å². The SMILES string of the molecule is OC1CCC(Nc2nc(Nc3ccc(F)cc3)ncc2C2CCCNCC2)CC1. The summed E-state index contributed by atoms with van der Waals surface area (Å²) < 4.78 is 13.2. The molecule has 2 fully saturated rings. The van der Waals surface area contributed by atoms with Crippen LogP contribution in [-0.4, -0.2) is 40.3 Å². The summed E-state index contributed by atoms with van der Waals surface area (Å²) in [6, 6.07) is 6.51. The first-order chi connectivity index (χ1) is 14.2. The minimum atomic E-state index is -0.268. The maximum absolute atomic E-state index is 13.2. The molecule has 29 heavy (non-hydrogen) atoms. The van der Waals surface area contributed by atoms with Crippen molar-refractivity contribution in [3.63, 3.8) is 0 Å². The Bertz CT molecular complexity index is 784. The van der Waals surface area contributed by atoms with E-state index in [1.165, 1.54) is 17.7 Å². The van der Waals surface area contributed by atoms with Crippen LogP contribution in [0.3, 0.4) is 0 Å². The van der Waals surface area contributed by atoms with E-state index < -0.39 is 0 Å². The van der Waals surface area contributed by atoms with Crippen LogP contribution in [0.1, 0.15) is 56.4 Å². The molecule has 0 spiro atoms. The predicted octanol–water partition coefficient (Wildman–Crippen LogP) is 3.93. The van der Waals surface area contributed by atoms with E-state index in [9.17, 15) is 9.50 Å². The predicted molar refractivity (Wildman–Crippen MR) is 113 cm³/mol. The van der Waals surface area contributed by atoms with E-state index in [0.29, 0.717) is 17.9 Å². The van der Waals surface area contributed by atoms with Crippen molar-refractivity contribution in [3.8, 4) is 0 Å². The summed E-state index contributed by atoms with van der Waals surface area (Å²) in [5, 5.41) is 20.1. The van der Waals surface area contributed by atoms with Crippen LogP contribution in [0.25, 0.3) is 0 Å². The lowest BCUT2D eigenvalue weighted by atomic mass is 9.91. The van der Waals surface area contributed by atoms with Gasteiger partial charge in [0.25, 0.3) is 0 Å². The van der Waals surface area contributed by atoms with Gasteiger partial charge in [0.15, 0.2) is 0 Å². The summed E-state index contributed by atoms with van der Waals surface area (Å²) in [5.74, 6) is 1.56. The van der Waals surface area contributed by atoms with Gasteiger partial charge in [-0.1, -0.05) is 0 Å². The van der Waals surface area contributed by atoms with Crippen molar-refractivity contribution in [1.82, 2.24) is 15.3 Å². The highest BCUT2D eigenvalue weighted by Gasteiger charge is 2.24. The molecule has 156 valence electrons. The molecule has 4 N–H and O–H groups in total. The summed E-state index contributed by atoms with van der Waals surface area (Å²) in [6.07, 6.45) is 8.64. The summed E-state index contributed by atoms with van der Waals surface area (Å²) in [6.45, 7) is 2.07. The number of hydrogen-bond donors (Lipinski definition) is 4. The van der Waals surface area contributed by atoms with Gasteiger partial charge < -0.3 is 21.1 Å². The van der Waals surface area contributed by atoms with Gasteiger partial charge in [-0.05, 0) is 88.2 Å². The quantitative estimate of drug-likeness (QED) is 0.610. The molecule has 1 saturated heterocycles. The average Bonchev–Trinajstić information content (AvgIpc) is 3.01. The van der Waals surface area contributed by atoms with Crippen LogP contribution in [0.2, 0.25) is 0 Å². The molecule has 0 amide bonds. The van der Waals surface area contributed by atoms with Crippen LogP contribution in [0.5, 0.6) is 0 Å². The second-order valence-electron chi connectivity index (χ2n) is 8.16. The lowest BCUT2D eigenvalue weighted by Gasteiger charge is -2.28. The molecule has 1 aliphatic heterocycles. The number of aliphatic hydroxyl groups is 1. The Hall–Kier alpha value is -2.25. The highest BCUT2D eigenvalue weighted by atomic mass is 19.1. The molecule has 1 atom stereocenters.